The molecule has 0 aromatic heterocycles. The molecule has 1 aliphatic heterocycles. The normalized spacial score (nSPS) is 27.6. The largest absolute Gasteiger partial charge is 0.203 e. The summed E-state index contributed by atoms with van der Waals surface area (Å²) < 4.78 is 0. The van der Waals surface area contributed by atoms with E-state index in [0.717, 1.165) is 5.06 Å². The minimum Gasteiger partial charge on any atom is -0.203 e. The van der Waals surface area contributed by atoms with Crippen LogP contribution in [0.25, 0.3) is 0 Å². The Bertz CT molecular complexity index is 140. The van der Waals surface area contributed by atoms with Crippen molar-refractivity contribution in [3.63, 3.8) is 0 Å². The Morgan fingerprint density at radius 1 is 1.27 bits per heavy atom. The lowest BCUT2D eigenvalue weighted by molar-refractivity contribution is -1.06. The molecule has 0 bridgehead atoms. The predicted octanol–water partition coefficient (Wildman–Crippen LogP) is 0.931. The molecule has 11 heavy (non-hydrogen) atoms. The van der Waals surface area contributed by atoms with Crippen molar-refractivity contribution in [3.8, 4) is 0 Å². The fraction of sp³-hybridized carbons (Fsp3) is 0.556. The molecule has 1 aliphatic rings. The quantitative estimate of drug-likeness (QED) is 0.596. The van der Waals surface area contributed by atoms with Gasteiger partial charge in [-0.05, 0) is 19.1 Å². The van der Waals surface area contributed by atoms with Gasteiger partial charge in [-0.2, -0.15) is 5.06 Å². The van der Waals surface area contributed by atoms with Gasteiger partial charge < -0.3 is 0 Å². The lowest BCUT2D eigenvalue weighted by Gasteiger charge is -2.16. The van der Waals surface area contributed by atoms with E-state index in [4.69, 9.17) is 4.84 Å². The zero-order valence-corrected chi connectivity index (χ0v) is 7.79. The first-order valence-electron chi connectivity index (χ1n) is 4.10. The molecule has 0 radical (unpaired) electrons. The maximum absolute atomic E-state index is 5.08. The number of hydrogen-bond donors (Lipinski definition) is 1. The topological polar surface area (TPSA) is 13.7 Å². The summed E-state index contributed by atoms with van der Waals surface area (Å²) in [6.07, 6.45) is 8.12. The Balaban J connectivity index is 0.000000461. The van der Waals surface area contributed by atoms with Crippen molar-refractivity contribution in [2.45, 2.75) is 26.8 Å². The van der Waals surface area contributed by atoms with E-state index in [9.17, 15) is 0 Å². The first-order valence-corrected chi connectivity index (χ1v) is 4.10. The van der Waals surface area contributed by atoms with Crippen molar-refractivity contribution in [3.05, 3.63) is 24.4 Å². The van der Waals surface area contributed by atoms with Crippen molar-refractivity contribution in [2.75, 3.05) is 7.11 Å². The molecule has 0 aliphatic carbocycles. The molecule has 0 saturated carbocycles. The van der Waals surface area contributed by atoms with E-state index >= 15 is 0 Å². The van der Waals surface area contributed by atoms with Gasteiger partial charge in [0.25, 0.3) is 0 Å². The van der Waals surface area contributed by atoms with Crippen LogP contribution < -0.4 is 5.06 Å². The molecule has 2 unspecified atom stereocenters. The average Bonchev–Trinajstić information content (AvgIpc) is 2.09. The molecular formula is C9H18NO+. The highest BCUT2D eigenvalue weighted by atomic mass is 16.7. The van der Waals surface area contributed by atoms with E-state index < -0.39 is 0 Å². The van der Waals surface area contributed by atoms with Crippen LogP contribution in [0.2, 0.25) is 0 Å². The molecule has 0 saturated heterocycles. The standard InChI is InChI=1S/C7H11NO.C2H6/c1-7-5-3-4-6-8(7)9-2;1-2/h3-7H,1-2H3;1-2H3/p+1. The summed E-state index contributed by atoms with van der Waals surface area (Å²) in [6, 6.07) is 0.444. The van der Waals surface area contributed by atoms with Crippen molar-refractivity contribution in [1.82, 2.24) is 0 Å². The van der Waals surface area contributed by atoms with E-state index in [2.05, 4.69) is 13.0 Å². The molecule has 0 aromatic carbocycles. The van der Waals surface area contributed by atoms with Gasteiger partial charge in [0.2, 0.25) is 0 Å². The monoisotopic (exact) mass is 156 g/mol. The summed E-state index contributed by atoms with van der Waals surface area (Å²) >= 11 is 0. The fourth-order valence-electron chi connectivity index (χ4n) is 0.882. The van der Waals surface area contributed by atoms with Crippen LogP contribution >= 0.6 is 0 Å². The van der Waals surface area contributed by atoms with Crippen LogP contribution in [-0.4, -0.2) is 13.2 Å². The van der Waals surface area contributed by atoms with Crippen LogP contribution in [0.15, 0.2) is 24.4 Å². The third-order valence-corrected chi connectivity index (χ3v) is 1.46. The minimum atomic E-state index is 0.444. The van der Waals surface area contributed by atoms with Crippen LogP contribution in [0.3, 0.4) is 0 Å². The summed E-state index contributed by atoms with van der Waals surface area (Å²) in [5.74, 6) is 0. The smallest absolute Gasteiger partial charge is 0.138 e. The molecule has 1 rings (SSSR count). The van der Waals surface area contributed by atoms with Gasteiger partial charge in [-0.15, -0.1) is 0 Å². The van der Waals surface area contributed by atoms with Crippen LogP contribution in [0.4, 0.5) is 0 Å². The lowest BCUT2D eigenvalue weighted by Crippen LogP contribution is -3.09. The summed E-state index contributed by atoms with van der Waals surface area (Å²) in [6.45, 7) is 6.11. The highest BCUT2D eigenvalue weighted by Crippen LogP contribution is 1.85. The Labute approximate surface area is 69.1 Å². The molecule has 2 atom stereocenters. The molecule has 0 aromatic rings. The van der Waals surface area contributed by atoms with Crippen molar-refractivity contribution in [2.24, 2.45) is 0 Å². The molecule has 1 N–H and O–H groups in total. The van der Waals surface area contributed by atoms with E-state index in [1.165, 1.54) is 0 Å². The van der Waals surface area contributed by atoms with Gasteiger partial charge in [-0.1, -0.05) is 19.9 Å². The van der Waals surface area contributed by atoms with E-state index in [-0.39, 0.29) is 0 Å². The highest BCUT2D eigenvalue weighted by molar-refractivity contribution is 5.04. The van der Waals surface area contributed by atoms with Crippen LogP contribution in [0.1, 0.15) is 20.8 Å². The third kappa shape index (κ3) is 3.35. The Morgan fingerprint density at radius 2 is 1.91 bits per heavy atom. The maximum atomic E-state index is 5.08. The molecule has 64 valence electrons. The third-order valence-electron chi connectivity index (χ3n) is 1.46. The Hall–Kier alpha value is -0.600. The number of hydroxylamine groups is 2. The number of quaternary nitrogens is 1. The van der Waals surface area contributed by atoms with Gasteiger partial charge in [0.15, 0.2) is 0 Å². The zero-order chi connectivity index (χ0) is 8.69. The first-order chi connectivity index (χ1) is 5.34. The van der Waals surface area contributed by atoms with Gasteiger partial charge in [0.1, 0.15) is 12.2 Å². The molecule has 0 spiro atoms. The summed E-state index contributed by atoms with van der Waals surface area (Å²) in [5.41, 5.74) is 0. The second kappa shape index (κ2) is 6.13. The maximum Gasteiger partial charge on any atom is 0.138 e. The lowest BCUT2D eigenvalue weighted by atomic mass is 10.2. The molecule has 2 heteroatoms. The second-order valence-corrected chi connectivity index (χ2v) is 2.14. The summed E-state index contributed by atoms with van der Waals surface area (Å²) in [5, 5.41) is 1.04. The average molecular weight is 156 g/mol. The van der Waals surface area contributed by atoms with Crippen LogP contribution in [-0.2, 0) is 4.84 Å². The van der Waals surface area contributed by atoms with Crippen LogP contribution in [0.5, 0.6) is 0 Å². The van der Waals surface area contributed by atoms with Crippen molar-refractivity contribution in [1.29, 1.82) is 0 Å². The molecule has 0 amide bonds. The van der Waals surface area contributed by atoms with Gasteiger partial charge >= 0.3 is 0 Å². The Kier molecular flexibility index (Phi) is 5.80. The fourth-order valence-corrected chi connectivity index (χ4v) is 0.882. The van der Waals surface area contributed by atoms with E-state index in [1.54, 1.807) is 7.11 Å². The SMILES string of the molecule is CC.CO[NH+]1C=CC=CC1C. The van der Waals surface area contributed by atoms with Gasteiger partial charge in [-0.25, -0.2) is 4.84 Å². The Morgan fingerprint density at radius 3 is 2.27 bits per heavy atom. The molecule has 0 fully saturated rings. The summed E-state index contributed by atoms with van der Waals surface area (Å²) in [4.78, 5) is 5.08. The summed E-state index contributed by atoms with van der Waals surface area (Å²) in [7, 11) is 1.70. The van der Waals surface area contributed by atoms with Crippen molar-refractivity contribution < 1.29 is 9.90 Å². The van der Waals surface area contributed by atoms with Gasteiger partial charge in [0.05, 0.1) is 7.11 Å². The molecular weight excluding hydrogens is 138 g/mol. The zero-order valence-electron chi connectivity index (χ0n) is 7.79. The number of nitrogens with one attached hydrogen (secondary N) is 1. The predicted molar refractivity (Wildman–Crippen MR) is 47.1 cm³/mol. The van der Waals surface area contributed by atoms with Crippen LogP contribution in [0, 0.1) is 0 Å². The van der Waals surface area contributed by atoms with E-state index in [1.807, 2.05) is 32.2 Å². The second-order valence-electron chi connectivity index (χ2n) is 2.14. The first kappa shape index (κ1) is 10.4. The van der Waals surface area contributed by atoms with E-state index in [0.29, 0.717) is 6.04 Å². The number of allylic oxidation sites excluding steroid dienone is 2. The number of hydrogen-bond acceptors (Lipinski definition) is 1. The molecule has 1 heterocycles. The minimum absolute atomic E-state index is 0.444. The van der Waals surface area contributed by atoms with Gasteiger partial charge in [-0.3, -0.25) is 0 Å². The van der Waals surface area contributed by atoms with Crippen molar-refractivity contribution >= 4 is 0 Å². The highest BCUT2D eigenvalue weighted by Gasteiger charge is 2.12. The number of rotatable bonds is 1. The van der Waals surface area contributed by atoms with Gasteiger partial charge in [0, 0.05) is 0 Å². The molecule has 2 nitrogen and oxygen atoms in total.